The van der Waals surface area contributed by atoms with Gasteiger partial charge >= 0.3 is 147 Å². The standard InChI is InChI=1S/2H3O4P.4HO3P.2O.W/c2*1-5(2,3)4;4*1-4(2)3;;;/h2*(H3,1,2,3,4);4*(H-,1,2,3);;;/q;;;;;;;;-2/p+2. The molecule has 0 fully saturated rings. The molecule has 0 aromatic rings. The fraction of sp³-hybridized carbons (Fsp3) is 0. The zero-order valence-corrected chi connectivity index (χ0v) is 20.8. The average Bonchev–Trinajstić information content (AvgIpc) is 2.15. The Labute approximate surface area is 147 Å². The van der Waals surface area contributed by atoms with Crippen molar-refractivity contribution in [3.05, 3.63) is 0 Å². The van der Waals surface area contributed by atoms with Gasteiger partial charge in [-0.2, -0.15) is 0 Å². The Morgan fingerprint density at radius 3 is 0.621 bits per heavy atom. The van der Waals surface area contributed by atoms with Crippen LogP contribution in [0.25, 0.3) is 0 Å². The van der Waals surface area contributed by atoms with Gasteiger partial charge in [0.05, 0.1) is 0 Å². The van der Waals surface area contributed by atoms with E-state index in [0.29, 0.717) is 0 Å². The van der Waals surface area contributed by atoms with Crippen molar-refractivity contribution in [1.29, 1.82) is 0 Å². The molecule has 12 N–H and O–H groups in total. The van der Waals surface area contributed by atoms with Gasteiger partial charge in [0.2, 0.25) is 0 Å². The van der Waals surface area contributed by atoms with Crippen LogP contribution in [0.1, 0.15) is 0 Å². The molecule has 0 aliphatic heterocycles. The van der Waals surface area contributed by atoms with Crippen LogP contribution in [0, 0.1) is 0 Å². The molecule has 0 atom stereocenters. The molecule has 0 aromatic heterocycles. The van der Waals surface area contributed by atoms with Crippen molar-refractivity contribution in [2.45, 2.75) is 0 Å². The van der Waals surface area contributed by atoms with Crippen LogP contribution in [-0.2, 0) is 50.3 Å². The summed E-state index contributed by atoms with van der Waals surface area (Å²) in [6, 6.07) is 0. The predicted octanol–water partition coefficient (Wildman–Crippen LogP) is -2.61. The van der Waals surface area contributed by atoms with Gasteiger partial charge in [-0.15, -0.1) is 0 Å². The molecule has 0 unspecified atom stereocenters. The summed E-state index contributed by atoms with van der Waals surface area (Å²) in [5.74, 6) is 0. The maximum absolute atomic E-state index is 16.0. The summed E-state index contributed by atoms with van der Waals surface area (Å²) >= 11 is 0. The van der Waals surface area contributed by atoms with Crippen LogP contribution < -0.4 is 0 Å². The number of hydrogen-bond acceptors (Lipinski definition) is 10. The van der Waals surface area contributed by atoms with E-state index < -0.39 is 48.1 Å². The van der Waals surface area contributed by atoms with E-state index in [1.54, 1.807) is 0 Å². The van der Waals surface area contributed by atoms with Gasteiger partial charge in [-0.05, 0) is 0 Å². The van der Waals surface area contributed by atoms with Crippen molar-refractivity contribution < 1.29 is 109 Å². The molecule has 0 aromatic carbocycles. The van der Waals surface area contributed by atoms with Crippen LogP contribution in [0.2, 0.25) is 0 Å². The van der Waals surface area contributed by atoms with Gasteiger partial charge in [-0.25, -0.2) is 0 Å². The van der Waals surface area contributed by atoms with Gasteiger partial charge in [-0.1, -0.05) is 0 Å². The molecule has 0 bridgehead atoms. The Morgan fingerprint density at radius 1 is 0.414 bits per heavy atom. The van der Waals surface area contributed by atoms with E-state index in [2.05, 4.69) is 6.35 Å². The number of rotatable bonds is 8. The summed E-state index contributed by atoms with van der Waals surface area (Å²) in [5.41, 5.74) is -38.4. The Bertz CT molecular complexity index is 1160. The molecule has 22 nitrogen and oxygen atoms in total. The summed E-state index contributed by atoms with van der Waals surface area (Å²) in [4.78, 5) is 109. The quantitative estimate of drug-likeness (QED) is 0.114. The zero-order valence-electron chi connectivity index (χ0n) is 12.5. The van der Waals surface area contributed by atoms with Crippen LogP contribution in [0.5, 0.6) is 0 Å². The van der Waals surface area contributed by atoms with E-state index in [1.165, 1.54) is 0 Å². The van der Waals surface area contributed by atoms with Crippen LogP contribution in [0.15, 0.2) is 0 Å². The van der Waals surface area contributed by atoms with E-state index in [1.807, 2.05) is 0 Å². The summed E-state index contributed by atoms with van der Waals surface area (Å²) in [5, 5.41) is 0. The maximum atomic E-state index is 13.7. The second-order valence-electron chi connectivity index (χ2n) is 5.18. The molecule has 0 aliphatic rings. The molecular formula is H12O22P6W. The first-order valence-electron chi connectivity index (χ1n) is 5.26. The molecular weight excluding hydrogens is 722 g/mol. The summed E-state index contributed by atoms with van der Waals surface area (Å²) in [6.07, 6.45) is 0. The Kier molecular flexibility index (Phi) is 5.30. The molecule has 0 spiro atoms. The summed E-state index contributed by atoms with van der Waals surface area (Å²) in [6.45, 7) is 0. The van der Waals surface area contributed by atoms with Crippen LogP contribution in [0.3, 0.4) is 0 Å². The Morgan fingerprint density at radius 2 is 0.552 bits per heavy atom. The third-order valence-corrected chi connectivity index (χ3v) is 161. The molecule has 0 radical (unpaired) electrons. The average molecular weight is 734 g/mol. The molecule has 0 heterocycles. The zero-order chi connectivity index (χ0) is 24.8. The Balaban J connectivity index is 10.3. The van der Waals surface area contributed by atoms with Gasteiger partial charge in [0.15, 0.2) is 0 Å². The van der Waals surface area contributed by atoms with E-state index >= 15 is 0 Å². The first kappa shape index (κ1) is 30.1. The summed E-state index contributed by atoms with van der Waals surface area (Å²) < 4.78 is 102. The van der Waals surface area contributed by atoms with Crippen molar-refractivity contribution >= 4 is 38.4 Å². The van der Waals surface area contributed by atoms with E-state index in [4.69, 9.17) is 19.6 Å². The van der Waals surface area contributed by atoms with Crippen molar-refractivity contribution in [2.24, 2.45) is 0 Å². The van der Waals surface area contributed by atoms with Crippen molar-refractivity contribution in [2.75, 3.05) is 0 Å². The topological polar surface area (TPSA) is 398 Å². The molecule has 0 amide bonds. The molecule has 0 aliphatic carbocycles. The van der Waals surface area contributed by atoms with Crippen molar-refractivity contribution in [3.63, 3.8) is 0 Å². The third-order valence-electron chi connectivity index (χ3n) is 3.47. The van der Waals surface area contributed by atoms with E-state index in [-0.39, 0.29) is 0 Å². The van der Waals surface area contributed by atoms with Crippen molar-refractivity contribution in [3.8, 4) is 0 Å². The van der Waals surface area contributed by atoms with E-state index in [0.717, 1.165) is 0 Å². The van der Waals surface area contributed by atoms with Crippen LogP contribution >= 0.6 is 38.4 Å². The molecule has 0 saturated heterocycles. The van der Waals surface area contributed by atoms with Gasteiger partial charge < -0.3 is 0 Å². The molecule has 180 valence electrons. The fourth-order valence-electron chi connectivity index (χ4n) is 1.78. The molecule has 29 heavy (non-hydrogen) atoms. The SMILES string of the molecule is O=P(O)(O)[O][W](=[O])(=[O])([O]P(=O)(O)O)([P](=O)(O)O)([P](=O)(O)O)([P](=O)(O)O)[P](=O)(O)O. The molecule has 0 rings (SSSR count). The molecule has 0 saturated carbocycles. The second kappa shape index (κ2) is 5.11. The van der Waals surface area contributed by atoms with Gasteiger partial charge in [0, 0.05) is 0 Å². The van der Waals surface area contributed by atoms with Gasteiger partial charge in [0.25, 0.3) is 0 Å². The van der Waals surface area contributed by atoms with E-state index in [9.17, 15) is 73.3 Å². The van der Waals surface area contributed by atoms with Crippen LogP contribution in [-0.4, -0.2) is 58.7 Å². The first-order valence-corrected chi connectivity index (χ1v) is 35.0. The van der Waals surface area contributed by atoms with Crippen LogP contribution in [0.4, 0.5) is 0 Å². The molecule has 29 heteroatoms. The first-order chi connectivity index (χ1) is 11.6. The number of phosphoric acid groups is 2. The fourth-order valence-corrected chi connectivity index (χ4v) is 119. The second-order valence-corrected chi connectivity index (χ2v) is 102. The van der Waals surface area contributed by atoms with Gasteiger partial charge in [-0.3, -0.25) is 0 Å². The minimum absolute atomic E-state index is 2.18. The monoisotopic (exact) mass is 734 g/mol. The minimum atomic E-state index is -16.0. The summed E-state index contributed by atoms with van der Waals surface area (Å²) in [7, 11) is -32.0. The van der Waals surface area contributed by atoms with Crippen molar-refractivity contribution in [1.82, 2.24) is 0 Å². The third kappa shape index (κ3) is 1.94. The van der Waals surface area contributed by atoms with Gasteiger partial charge in [0.1, 0.15) is 0 Å². The normalized spacial score (nSPS) is 21.4. The number of hydrogen-bond donors (Lipinski definition) is 12. The predicted molar refractivity (Wildman–Crippen MR) is 75.8 cm³/mol. The Hall–Kier alpha value is 1.11.